The van der Waals surface area contributed by atoms with Crippen molar-refractivity contribution in [1.29, 1.82) is 0 Å². The highest BCUT2D eigenvalue weighted by Crippen LogP contribution is 2.39. The van der Waals surface area contributed by atoms with E-state index in [1.54, 1.807) is 13.8 Å². The molecule has 2 saturated heterocycles. The summed E-state index contributed by atoms with van der Waals surface area (Å²) in [5.41, 5.74) is 8.32. The Hall–Kier alpha value is -1.34. The molecule has 0 aromatic heterocycles. The number of hydrogen-bond acceptors (Lipinski definition) is 5. The van der Waals surface area contributed by atoms with Crippen molar-refractivity contribution in [2.75, 3.05) is 6.54 Å². The van der Waals surface area contributed by atoms with E-state index in [9.17, 15) is 4.79 Å². The van der Waals surface area contributed by atoms with Gasteiger partial charge in [-0.25, -0.2) is 0 Å². The van der Waals surface area contributed by atoms with Gasteiger partial charge in [-0.05, 0) is 19.4 Å². The van der Waals surface area contributed by atoms with Crippen LogP contribution in [0.2, 0.25) is 0 Å². The fraction of sp³-hybridized carbons (Fsp3) is 0.900. The van der Waals surface area contributed by atoms with Crippen LogP contribution in [0.15, 0.2) is 5.11 Å². The highest BCUT2D eigenvalue weighted by Gasteiger charge is 2.55. The van der Waals surface area contributed by atoms with Gasteiger partial charge in [0.05, 0.1) is 25.2 Å². The summed E-state index contributed by atoms with van der Waals surface area (Å²) in [7, 11) is 0. The van der Waals surface area contributed by atoms with Crippen LogP contribution in [0.5, 0.6) is 0 Å². The van der Waals surface area contributed by atoms with Gasteiger partial charge in [-0.15, -0.1) is 0 Å². The smallest absolute Gasteiger partial charge is 0.306 e. The summed E-state index contributed by atoms with van der Waals surface area (Å²) >= 11 is 0. The first-order chi connectivity index (χ1) is 8.43. The minimum atomic E-state index is -0.962. The Bertz CT molecular complexity index is 373. The quantitative estimate of drug-likeness (QED) is 0.459. The van der Waals surface area contributed by atoms with Crippen LogP contribution in [0.4, 0.5) is 0 Å². The summed E-state index contributed by atoms with van der Waals surface area (Å²) in [6, 6.07) is 0. The van der Waals surface area contributed by atoms with Gasteiger partial charge in [0, 0.05) is 4.91 Å². The third-order valence-electron chi connectivity index (χ3n) is 2.95. The van der Waals surface area contributed by atoms with Gasteiger partial charge in [0.1, 0.15) is 12.2 Å². The van der Waals surface area contributed by atoms with Gasteiger partial charge in [-0.3, -0.25) is 4.79 Å². The van der Waals surface area contributed by atoms with Gasteiger partial charge in [-0.1, -0.05) is 5.11 Å². The molecule has 0 spiro atoms. The van der Waals surface area contributed by atoms with Gasteiger partial charge in [0.15, 0.2) is 5.79 Å². The molecular formula is C10H15N3O5. The minimum Gasteiger partial charge on any atom is -0.481 e. The summed E-state index contributed by atoms with van der Waals surface area (Å²) in [4.78, 5) is 13.4. The van der Waals surface area contributed by atoms with Crippen LogP contribution in [0.3, 0.4) is 0 Å². The van der Waals surface area contributed by atoms with Crippen molar-refractivity contribution in [3.8, 4) is 0 Å². The summed E-state index contributed by atoms with van der Waals surface area (Å²) < 4.78 is 16.9. The Labute approximate surface area is 103 Å². The van der Waals surface area contributed by atoms with Crippen molar-refractivity contribution < 1.29 is 24.1 Å². The summed E-state index contributed by atoms with van der Waals surface area (Å²) in [6.07, 6.45) is -2.03. The number of azide groups is 1. The van der Waals surface area contributed by atoms with E-state index in [2.05, 4.69) is 10.0 Å². The number of carboxylic acids is 1. The van der Waals surface area contributed by atoms with Crippen LogP contribution in [0, 0.1) is 0 Å². The molecule has 2 aliphatic rings. The maximum absolute atomic E-state index is 10.8. The average Bonchev–Trinajstić information content (AvgIpc) is 2.71. The number of fused-ring (bicyclic) bond motifs is 1. The van der Waals surface area contributed by atoms with Gasteiger partial charge in [0.25, 0.3) is 0 Å². The number of hydrogen-bond donors (Lipinski definition) is 1. The molecular weight excluding hydrogens is 242 g/mol. The summed E-state index contributed by atoms with van der Waals surface area (Å²) in [5.74, 6) is -1.73. The first kappa shape index (κ1) is 13.1. The second kappa shape index (κ2) is 4.74. The van der Waals surface area contributed by atoms with E-state index in [4.69, 9.17) is 24.8 Å². The maximum Gasteiger partial charge on any atom is 0.306 e. The standard InChI is InChI=1S/C10H15N3O5/c1-10(2)17-8-5(3-7(14)15)16-6(4-12-13-11)9(8)18-10/h5-6,8-9H,3-4H2,1-2H3,(H,14,15)/t5-,6+,8-,9+/m0/s1. The fourth-order valence-corrected chi connectivity index (χ4v) is 2.37. The van der Waals surface area contributed by atoms with E-state index in [1.807, 2.05) is 0 Å². The molecule has 2 aliphatic heterocycles. The SMILES string of the molecule is CC1(C)O[C@@H]2[C@H](O1)[C@@H](CN=[N+]=[N-])O[C@H]2CC(=O)O. The van der Waals surface area contributed by atoms with Crippen molar-refractivity contribution in [3.05, 3.63) is 10.4 Å². The van der Waals surface area contributed by atoms with E-state index in [0.717, 1.165) is 0 Å². The van der Waals surface area contributed by atoms with E-state index in [1.165, 1.54) is 0 Å². The molecule has 2 rings (SSSR count). The fourth-order valence-electron chi connectivity index (χ4n) is 2.37. The monoisotopic (exact) mass is 257 g/mol. The second-order valence-electron chi connectivity index (χ2n) is 4.79. The van der Waals surface area contributed by atoms with Gasteiger partial charge in [-0.2, -0.15) is 0 Å². The third kappa shape index (κ3) is 2.56. The normalized spacial score (nSPS) is 37.0. The van der Waals surface area contributed by atoms with Crippen molar-refractivity contribution in [1.82, 2.24) is 0 Å². The largest absolute Gasteiger partial charge is 0.481 e. The lowest BCUT2D eigenvalue weighted by atomic mass is 10.1. The molecule has 0 radical (unpaired) electrons. The molecule has 2 heterocycles. The third-order valence-corrected chi connectivity index (χ3v) is 2.95. The predicted octanol–water partition coefficient (Wildman–Crippen LogP) is 1.06. The summed E-state index contributed by atoms with van der Waals surface area (Å²) in [6.45, 7) is 3.62. The zero-order chi connectivity index (χ0) is 13.3. The number of rotatable bonds is 4. The molecule has 0 aromatic carbocycles. The Morgan fingerprint density at radius 3 is 2.56 bits per heavy atom. The Morgan fingerprint density at radius 2 is 2.00 bits per heavy atom. The topological polar surface area (TPSA) is 114 Å². The molecule has 0 saturated carbocycles. The van der Waals surface area contributed by atoms with E-state index in [0.29, 0.717) is 0 Å². The molecule has 0 bridgehead atoms. The molecule has 8 heteroatoms. The van der Waals surface area contributed by atoms with Crippen LogP contribution in [0.1, 0.15) is 20.3 Å². The van der Waals surface area contributed by atoms with Crippen molar-refractivity contribution in [2.24, 2.45) is 5.11 Å². The first-order valence-electron chi connectivity index (χ1n) is 5.67. The lowest BCUT2D eigenvalue weighted by Crippen LogP contribution is -2.31. The number of nitrogens with zero attached hydrogens (tertiary/aromatic N) is 3. The van der Waals surface area contributed by atoms with Crippen LogP contribution in [-0.2, 0) is 19.0 Å². The molecule has 8 nitrogen and oxygen atoms in total. The number of carbonyl (C=O) groups is 1. The Balaban J connectivity index is 2.12. The molecule has 0 unspecified atom stereocenters. The Morgan fingerprint density at radius 1 is 1.39 bits per heavy atom. The van der Waals surface area contributed by atoms with Gasteiger partial charge >= 0.3 is 5.97 Å². The molecule has 0 amide bonds. The predicted molar refractivity (Wildman–Crippen MR) is 58.8 cm³/mol. The number of carboxylic acid groups (broad SMARTS) is 1. The van der Waals surface area contributed by atoms with Gasteiger partial charge < -0.3 is 19.3 Å². The van der Waals surface area contributed by atoms with Crippen molar-refractivity contribution in [2.45, 2.75) is 50.5 Å². The zero-order valence-electron chi connectivity index (χ0n) is 10.1. The summed E-state index contributed by atoms with van der Waals surface area (Å²) in [5, 5.41) is 12.3. The molecule has 100 valence electrons. The molecule has 4 atom stereocenters. The molecule has 18 heavy (non-hydrogen) atoms. The highest BCUT2D eigenvalue weighted by molar-refractivity contribution is 5.67. The average molecular weight is 257 g/mol. The number of ether oxygens (including phenoxy) is 3. The number of aliphatic carboxylic acids is 1. The molecule has 0 aromatic rings. The van der Waals surface area contributed by atoms with E-state index < -0.39 is 36.2 Å². The second-order valence-corrected chi connectivity index (χ2v) is 4.79. The van der Waals surface area contributed by atoms with Crippen LogP contribution < -0.4 is 0 Å². The molecule has 1 N–H and O–H groups in total. The Kier molecular flexibility index (Phi) is 3.45. The lowest BCUT2D eigenvalue weighted by Gasteiger charge is -2.23. The van der Waals surface area contributed by atoms with E-state index in [-0.39, 0.29) is 13.0 Å². The minimum absolute atomic E-state index is 0.104. The zero-order valence-corrected chi connectivity index (χ0v) is 10.1. The van der Waals surface area contributed by atoms with Crippen molar-refractivity contribution >= 4 is 5.97 Å². The lowest BCUT2D eigenvalue weighted by molar-refractivity contribution is -0.188. The highest BCUT2D eigenvalue weighted by atomic mass is 16.8. The molecule has 0 aliphatic carbocycles. The van der Waals surface area contributed by atoms with Crippen molar-refractivity contribution in [3.63, 3.8) is 0 Å². The van der Waals surface area contributed by atoms with Crippen LogP contribution >= 0.6 is 0 Å². The van der Waals surface area contributed by atoms with Crippen LogP contribution in [0.25, 0.3) is 10.4 Å². The molecule has 2 fully saturated rings. The van der Waals surface area contributed by atoms with E-state index >= 15 is 0 Å². The van der Waals surface area contributed by atoms with Crippen LogP contribution in [-0.4, -0.2) is 47.8 Å². The first-order valence-corrected chi connectivity index (χ1v) is 5.67. The maximum atomic E-state index is 10.8. The van der Waals surface area contributed by atoms with Gasteiger partial charge in [0.2, 0.25) is 0 Å².